The van der Waals surface area contributed by atoms with Gasteiger partial charge in [-0.3, -0.25) is 4.79 Å². The Morgan fingerprint density at radius 3 is 2.78 bits per heavy atom. The summed E-state index contributed by atoms with van der Waals surface area (Å²) in [6.07, 6.45) is 1.16. The first kappa shape index (κ1) is 15.6. The van der Waals surface area contributed by atoms with Gasteiger partial charge in [0.1, 0.15) is 5.01 Å². The quantitative estimate of drug-likeness (QED) is 0.686. The SMILES string of the molecule is COCCCC(=O)Nc1ccccc1-c1nc2ccccc2s1. The van der Waals surface area contributed by atoms with E-state index in [-0.39, 0.29) is 5.91 Å². The van der Waals surface area contributed by atoms with Crippen LogP contribution in [0.5, 0.6) is 0 Å². The number of hydrogen-bond donors (Lipinski definition) is 1. The highest BCUT2D eigenvalue weighted by Crippen LogP contribution is 2.34. The number of carbonyl (C=O) groups excluding carboxylic acids is 1. The van der Waals surface area contributed by atoms with Gasteiger partial charge in [0.25, 0.3) is 0 Å². The zero-order valence-corrected chi connectivity index (χ0v) is 13.7. The van der Waals surface area contributed by atoms with E-state index < -0.39 is 0 Å². The minimum Gasteiger partial charge on any atom is -0.385 e. The minimum absolute atomic E-state index is 0.00406. The van der Waals surface area contributed by atoms with Crippen LogP contribution in [0.25, 0.3) is 20.8 Å². The van der Waals surface area contributed by atoms with Crippen molar-refractivity contribution in [2.75, 3.05) is 19.0 Å². The maximum absolute atomic E-state index is 12.1. The molecule has 4 nitrogen and oxygen atoms in total. The Balaban J connectivity index is 1.84. The van der Waals surface area contributed by atoms with Gasteiger partial charge >= 0.3 is 0 Å². The fourth-order valence-corrected chi connectivity index (χ4v) is 3.36. The van der Waals surface area contributed by atoms with Gasteiger partial charge in [0.15, 0.2) is 0 Å². The predicted octanol–water partition coefficient (Wildman–Crippen LogP) is 4.33. The van der Waals surface area contributed by atoms with Crippen molar-refractivity contribution in [1.82, 2.24) is 4.98 Å². The molecule has 0 bridgehead atoms. The Kier molecular flexibility index (Phi) is 5.00. The molecule has 5 heteroatoms. The number of methoxy groups -OCH3 is 1. The summed E-state index contributed by atoms with van der Waals surface area (Å²) in [5.41, 5.74) is 2.73. The second-order valence-electron chi connectivity index (χ2n) is 5.18. The molecular formula is C18H18N2O2S. The second-order valence-corrected chi connectivity index (χ2v) is 6.21. The van der Waals surface area contributed by atoms with Crippen LogP contribution in [0, 0.1) is 0 Å². The van der Waals surface area contributed by atoms with Gasteiger partial charge in [-0.05, 0) is 30.7 Å². The van der Waals surface area contributed by atoms with Gasteiger partial charge in [0.05, 0.1) is 15.9 Å². The van der Waals surface area contributed by atoms with Crippen LogP contribution < -0.4 is 5.32 Å². The Morgan fingerprint density at radius 1 is 1.17 bits per heavy atom. The first-order chi connectivity index (χ1) is 11.3. The maximum Gasteiger partial charge on any atom is 0.224 e. The maximum atomic E-state index is 12.1. The Hall–Kier alpha value is -2.24. The summed E-state index contributed by atoms with van der Waals surface area (Å²) >= 11 is 1.63. The normalized spacial score (nSPS) is 10.8. The van der Waals surface area contributed by atoms with Crippen molar-refractivity contribution >= 4 is 33.1 Å². The summed E-state index contributed by atoms with van der Waals surface area (Å²) in [7, 11) is 1.64. The van der Waals surface area contributed by atoms with E-state index in [1.807, 2.05) is 42.5 Å². The molecule has 0 radical (unpaired) electrons. The van der Waals surface area contributed by atoms with Crippen LogP contribution in [-0.2, 0) is 9.53 Å². The lowest BCUT2D eigenvalue weighted by molar-refractivity contribution is -0.116. The minimum atomic E-state index is -0.00406. The van der Waals surface area contributed by atoms with Crippen molar-refractivity contribution in [2.24, 2.45) is 0 Å². The molecule has 0 atom stereocenters. The summed E-state index contributed by atoms with van der Waals surface area (Å²) in [5.74, 6) is -0.00406. The van der Waals surface area contributed by atoms with E-state index in [1.54, 1.807) is 18.4 Å². The first-order valence-electron chi connectivity index (χ1n) is 7.51. The van der Waals surface area contributed by atoms with Crippen LogP contribution in [0.4, 0.5) is 5.69 Å². The van der Waals surface area contributed by atoms with Gasteiger partial charge in [0, 0.05) is 25.7 Å². The standard InChI is InChI=1S/C18H18N2O2S/c1-22-12-6-11-17(21)19-14-8-3-2-7-13(14)18-20-15-9-4-5-10-16(15)23-18/h2-5,7-10H,6,11-12H2,1H3,(H,19,21). The van der Waals surface area contributed by atoms with Gasteiger partial charge < -0.3 is 10.1 Å². The predicted molar refractivity (Wildman–Crippen MR) is 94.8 cm³/mol. The van der Waals surface area contributed by atoms with Crippen LogP contribution in [-0.4, -0.2) is 24.6 Å². The summed E-state index contributed by atoms with van der Waals surface area (Å²) in [5, 5.41) is 3.90. The van der Waals surface area contributed by atoms with Crippen LogP contribution in [0.3, 0.4) is 0 Å². The monoisotopic (exact) mass is 326 g/mol. The molecule has 2 aromatic carbocycles. The van der Waals surface area contributed by atoms with Gasteiger partial charge in [-0.25, -0.2) is 4.98 Å². The topological polar surface area (TPSA) is 51.2 Å². The second kappa shape index (κ2) is 7.35. The van der Waals surface area contributed by atoms with Gasteiger partial charge in [-0.2, -0.15) is 0 Å². The summed E-state index contributed by atoms with van der Waals surface area (Å²) in [6, 6.07) is 15.8. The fourth-order valence-electron chi connectivity index (χ4n) is 2.36. The molecule has 0 saturated carbocycles. The Labute approximate surface area is 139 Å². The number of carbonyl (C=O) groups is 1. The highest BCUT2D eigenvalue weighted by Gasteiger charge is 2.12. The number of nitrogens with zero attached hydrogens (tertiary/aromatic N) is 1. The van der Waals surface area contributed by atoms with Crippen LogP contribution in [0.1, 0.15) is 12.8 Å². The molecule has 1 amide bonds. The number of nitrogens with one attached hydrogen (secondary N) is 1. The van der Waals surface area contributed by atoms with E-state index in [2.05, 4.69) is 16.4 Å². The highest BCUT2D eigenvalue weighted by atomic mass is 32.1. The molecule has 0 aliphatic rings. The first-order valence-corrected chi connectivity index (χ1v) is 8.33. The molecule has 0 saturated heterocycles. The fraction of sp³-hybridized carbons (Fsp3) is 0.222. The van der Waals surface area contributed by atoms with Crippen molar-refractivity contribution in [3.63, 3.8) is 0 Å². The summed E-state index contributed by atoms with van der Waals surface area (Å²) in [4.78, 5) is 16.7. The zero-order valence-electron chi connectivity index (χ0n) is 12.9. The molecule has 1 aromatic heterocycles. The molecule has 3 rings (SSSR count). The van der Waals surface area contributed by atoms with Crippen molar-refractivity contribution in [3.8, 4) is 10.6 Å². The summed E-state index contributed by atoms with van der Waals surface area (Å²) in [6.45, 7) is 0.590. The number of aromatic nitrogens is 1. The molecule has 1 heterocycles. The number of rotatable bonds is 6. The van der Waals surface area contributed by atoms with E-state index in [4.69, 9.17) is 4.74 Å². The van der Waals surface area contributed by atoms with Crippen molar-refractivity contribution in [3.05, 3.63) is 48.5 Å². The third-order valence-electron chi connectivity index (χ3n) is 3.48. The largest absolute Gasteiger partial charge is 0.385 e. The summed E-state index contributed by atoms with van der Waals surface area (Å²) < 4.78 is 6.12. The van der Waals surface area contributed by atoms with Crippen molar-refractivity contribution < 1.29 is 9.53 Å². The molecule has 0 aliphatic carbocycles. The number of ether oxygens (including phenoxy) is 1. The van der Waals surface area contributed by atoms with Crippen LogP contribution in [0.15, 0.2) is 48.5 Å². The van der Waals surface area contributed by atoms with Crippen LogP contribution in [0.2, 0.25) is 0 Å². The van der Waals surface area contributed by atoms with Gasteiger partial charge in [0.2, 0.25) is 5.91 Å². The number of benzene rings is 2. The number of hydrogen-bond acceptors (Lipinski definition) is 4. The molecule has 0 aliphatic heterocycles. The van der Waals surface area contributed by atoms with E-state index in [1.165, 1.54) is 0 Å². The van der Waals surface area contributed by atoms with Crippen molar-refractivity contribution in [1.29, 1.82) is 0 Å². The number of thiazole rings is 1. The number of anilines is 1. The molecule has 0 spiro atoms. The van der Waals surface area contributed by atoms with Crippen molar-refractivity contribution in [2.45, 2.75) is 12.8 Å². The molecule has 23 heavy (non-hydrogen) atoms. The molecule has 0 fully saturated rings. The average Bonchev–Trinajstić information content (AvgIpc) is 2.99. The van der Waals surface area contributed by atoms with Crippen LogP contribution >= 0.6 is 11.3 Å². The molecule has 0 unspecified atom stereocenters. The lowest BCUT2D eigenvalue weighted by Gasteiger charge is -2.09. The third-order valence-corrected chi connectivity index (χ3v) is 4.55. The van der Waals surface area contributed by atoms with E-state index in [9.17, 15) is 4.79 Å². The number of para-hydroxylation sites is 2. The molecule has 1 N–H and O–H groups in total. The lowest BCUT2D eigenvalue weighted by Crippen LogP contribution is -2.12. The number of fused-ring (bicyclic) bond motifs is 1. The smallest absolute Gasteiger partial charge is 0.224 e. The van der Waals surface area contributed by atoms with E-state index in [0.717, 1.165) is 26.5 Å². The van der Waals surface area contributed by atoms with Gasteiger partial charge in [-0.1, -0.05) is 24.3 Å². The number of amides is 1. The van der Waals surface area contributed by atoms with E-state index >= 15 is 0 Å². The Morgan fingerprint density at radius 2 is 1.96 bits per heavy atom. The third kappa shape index (κ3) is 3.75. The molecule has 3 aromatic rings. The van der Waals surface area contributed by atoms with Gasteiger partial charge in [-0.15, -0.1) is 11.3 Å². The highest BCUT2D eigenvalue weighted by molar-refractivity contribution is 7.21. The molecular weight excluding hydrogens is 308 g/mol. The average molecular weight is 326 g/mol. The lowest BCUT2D eigenvalue weighted by atomic mass is 10.1. The zero-order chi connectivity index (χ0) is 16.1. The Bertz CT molecular complexity index is 780. The van der Waals surface area contributed by atoms with E-state index in [0.29, 0.717) is 19.4 Å². The molecule has 118 valence electrons.